The highest BCUT2D eigenvalue weighted by molar-refractivity contribution is 7.89. The first kappa shape index (κ1) is 25.8. The minimum atomic E-state index is -4.74. The van der Waals surface area contributed by atoms with E-state index in [9.17, 15) is 39.6 Å². The van der Waals surface area contributed by atoms with Gasteiger partial charge in [0.2, 0.25) is 15.9 Å². The van der Waals surface area contributed by atoms with Crippen LogP contribution in [0, 0.1) is 0 Å². The van der Waals surface area contributed by atoms with E-state index in [0.29, 0.717) is 11.6 Å². The van der Waals surface area contributed by atoms with Gasteiger partial charge >= 0.3 is 12.4 Å². The number of sulfonamides is 1. The molecule has 1 heterocycles. The Morgan fingerprint density at radius 1 is 0.882 bits per heavy atom. The molecule has 0 N–H and O–H groups in total. The van der Waals surface area contributed by atoms with E-state index in [-0.39, 0.29) is 38.2 Å². The molecule has 1 saturated heterocycles. The van der Waals surface area contributed by atoms with E-state index in [1.165, 1.54) is 17.0 Å². The minimum Gasteiger partial charge on any atom is -0.340 e. The van der Waals surface area contributed by atoms with Crippen molar-refractivity contribution in [2.75, 3.05) is 26.2 Å². The van der Waals surface area contributed by atoms with Crippen LogP contribution in [0.2, 0.25) is 0 Å². The third-order valence-electron chi connectivity index (χ3n) is 5.36. The zero-order valence-corrected chi connectivity index (χ0v) is 18.5. The smallest absolute Gasteiger partial charge is 0.340 e. The number of alkyl halides is 6. The first-order chi connectivity index (χ1) is 15.7. The summed E-state index contributed by atoms with van der Waals surface area (Å²) >= 11 is 0. The van der Waals surface area contributed by atoms with Gasteiger partial charge in [-0.05, 0) is 41.5 Å². The van der Waals surface area contributed by atoms with E-state index in [0.717, 1.165) is 34.6 Å². The van der Waals surface area contributed by atoms with Crippen LogP contribution in [0.15, 0.2) is 53.9 Å². The fourth-order valence-electron chi connectivity index (χ4n) is 3.48. The maximum Gasteiger partial charge on any atom is 0.416 e. The molecule has 2 aromatic rings. The van der Waals surface area contributed by atoms with E-state index in [1.54, 1.807) is 0 Å². The van der Waals surface area contributed by atoms with E-state index >= 15 is 0 Å². The number of carbonyl (C=O) groups excluding carboxylic acids is 1. The van der Waals surface area contributed by atoms with Crippen molar-refractivity contribution in [3.63, 3.8) is 0 Å². The molecule has 1 fully saturated rings. The molecule has 3 rings (SSSR count). The van der Waals surface area contributed by atoms with Gasteiger partial charge in [-0.2, -0.15) is 30.6 Å². The van der Waals surface area contributed by atoms with Crippen LogP contribution in [-0.4, -0.2) is 49.7 Å². The SMILES string of the molecule is C=Cc1cc(C(F)(F)F)cc(S(=O)(=O)N2CCN(C(=O)Cc3ccc(C(F)(F)F)cc3)CC2)c1. The summed E-state index contributed by atoms with van der Waals surface area (Å²) in [5.41, 5.74) is -1.58. The van der Waals surface area contributed by atoms with Gasteiger partial charge in [0.25, 0.3) is 0 Å². The number of halogens is 6. The molecular formula is C22H20F6N2O3S. The van der Waals surface area contributed by atoms with Crippen molar-refractivity contribution in [2.24, 2.45) is 0 Å². The van der Waals surface area contributed by atoms with Crippen LogP contribution in [0.5, 0.6) is 0 Å². The lowest BCUT2D eigenvalue weighted by Gasteiger charge is -2.34. The highest BCUT2D eigenvalue weighted by Crippen LogP contribution is 2.33. The second-order valence-electron chi connectivity index (χ2n) is 7.65. The van der Waals surface area contributed by atoms with Gasteiger partial charge in [-0.1, -0.05) is 24.8 Å². The van der Waals surface area contributed by atoms with Gasteiger partial charge in [0, 0.05) is 26.2 Å². The van der Waals surface area contributed by atoms with Crippen LogP contribution in [0.3, 0.4) is 0 Å². The Hall–Kier alpha value is -2.86. The predicted molar refractivity (Wildman–Crippen MR) is 112 cm³/mol. The molecule has 1 aliphatic heterocycles. The maximum absolute atomic E-state index is 13.2. The van der Waals surface area contributed by atoms with Gasteiger partial charge < -0.3 is 4.90 Å². The molecule has 0 saturated carbocycles. The molecule has 0 bridgehead atoms. The van der Waals surface area contributed by atoms with Crippen molar-refractivity contribution in [3.05, 3.63) is 71.3 Å². The van der Waals surface area contributed by atoms with Crippen molar-refractivity contribution < 1.29 is 39.6 Å². The van der Waals surface area contributed by atoms with Crippen LogP contribution >= 0.6 is 0 Å². The molecule has 12 heteroatoms. The van der Waals surface area contributed by atoms with Crippen molar-refractivity contribution in [3.8, 4) is 0 Å². The van der Waals surface area contributed by atoms with Gasteiger partial charge in [-0.25, -0.2) is 8.42 Å². The molecule has 1 amide bonds. The molecule has 5 nitrogen and oxygen atoms in total. The molecule has 0 aromatic heterocycles. The largest absolute Gasteiger partial charge is 0.416 e. The lowest BCUT2D eigenvalue weighted by Crippen LogP contribution is -2.50. The third kappa shape index (κ3) is 5.79. The molecule has 34 heavy (non-hydrogen) atoms. The van der Waals surface area contributed by atoms with Gasteiger partial charge in [-0.15, -0.1) is 0 Å². The Balaban J connectivity index is 1.68. The zero-order chi connectivity index (χ0) is 25.3. The molecule has 2 aromatic carbocycles. The summed E-state index contributed by atoms with van der Waals surface area (Å²) in [4.78, 5) is 13.4. The molecule has 0 atom stereocenters. The lowest BCUT2D eigenvalue weighted by atomic mass is 10.1. The predicted octanol–water partition coefficient (Wildman–Crippen LogP) is 4.44. The van der Waals surface area contributed by atoms with Gasteiger partial charge in [0.05, 0.1) is 22.4 Å². The summed E-state index contributed by atoms with van der Waals surface area (Å²) in [6.07, 6.45) is -8.28. The number of hydrogen-bond acceptors (Lipinski definition) is 3. The van der Waals surface area contributed by atoms with Crippen molar-refractivity contribution in [1.82, 2.24) is 9.21 Å². The Labute approximate surface area is 192 Å². The topological polar surface area (TPSA) is 57.7 Å². The van der Waals surface area contributed by atoms with E-state index in [1.807, 2.05) is 0 Å². The van der Waals surface area contributed by atoms with Crippen molar-refractivity contribution in [1.29, 1.82) is 0 Å². The fourth-order valence-corrected chi connectivity index (χ4v) is 4.98. The lowest BCUT2D eigenvalue weighted by molar-refractivity contribution is -0.138. The van der Waals surface area contributed by atoms with Crippen LogP contribution in [0.25, 0.3) is 6.08 Å². The van der Waals surface area contributed by atoms with Gasteiger partial charge in [0.15, 0.2) is 0 Å². The van der Waals surface area contributed by atoms with E-state index in [4.69, 9.17) is 0 Å². The molecule has 1 aliphatic rings. The summed E-state index contributed by atoms with van der Waals surface area (Å²) in [5, 5.41) is 0. The number of piperazine rings is 1. The van der Waals surface area contributed by atoms with Crippen molar-refractivity contribution >= 4 is 22.0 Å². The highest BCUT2D eigenvalue weighted by atomic mass is 32.2. The first-order valence-corrected chi connectivity index (χ1v) is 11.4. The Kier molecular flexibility index (Phi) is 7.13. The summed E-state index contributed by atoms with van der Waals surface area (Å²) in [6.45, 7) is 3.10. The van der Waals surface area contributed by atoms with E-state index in [2.05, 4.69) is 6.58 Å². The molecule has 184 valence electrons. The third-order valence-corrected chi connectivity index (χ3v) is 7.23. The number of benzene rings is 2. The number of carbonyl (C=O) groups is 1. The number of amides is 1. The Morgan fingerprint density at radius 3 is 1.94 bits per heavy atom. The first-order valence-electron chi connectivity index (χ1n) is 10.0. The van der Waals surface area contributed by atoms with Crippen LogP contribution < -0.4 is 0 Å². The molecular weight excluding hydrogens is 486 g/mol. The van der Waals surface area contributed by atoms with Gasteiger partial charge in [-0.3, -0.25) is 4.79 Å². The summed E-state index contributed by atoms with van der Waals surface area (Å²) in [6, 6.07) is 6.60. The van der Waals surface area contributed by atoms with Crippen LogP contribution in [0.4, 0.5) is 26.3 Å². The summed E-state index contributed by atoms with van der Waals surface area (Å²) in [5.74, 6) is -0.398. The molecule has 0 spiro atoms. The monoisotopic (exact) mass is 506 g/mol. The molecule has 0 unspecified atom stereocenters. The fraction of sp³-hybridized carbons (Fsp3) is 0.318. The second kappa shape index (κ2) is 9.41. The number of rotatable bonds is 5. The van der Waals surface area contributed by atoms with Crippen molar-refractivity contribution in [2.45, 2.75) is 23.7 Å². The minimum absolute atomic E-state index is 0.00115. The Bertz CT molecular complexity index is 1170. The van der Waals surface area contributed by atoms with Gasteiger partial charge in [0.1, 0.15) is 0 Å². The summed E-state index contributed by atoms with van der Waals surface area (Å²) in [7, 11) is -4.26. The number of hydrogen-bond donors (Lipinski definition) is 0. The van der Waals surface area contributed by atoms with E-state index < -0.39 is 44.3 Å². The highest BCUT2D eigenvalue weighted by Gasteiger charge is 2.35. The molecule has 0 aliphatic carbocycles. The van der Waals surface area contributed by atoms with Crippen LogP contribution in [-0.2, 0) is 33.6 Å². The number of nitrogens with zero attached hydrogens (tertiary/aromatic N) is 2. The normalized spacial score (nSPS) is 15.9. The average Bonchev–Trinajstić information content (AvgIpc) is 2.78. The van der Waals surface area contributed by atoms with Crippen LogP contribution in [0.1, 0.15) is 22.3 Å². The standard InChI is InChI=1S/C22H20F6N2O3S/c1-2-15-11-18(22(26,27)28)14-19(12-15)34(32,33)30-9-7-29(8-10-30)20(31)13-16-3-5-17(6-4-16)21(23,24)25/h2-6,11-12,14H,1,7-10,13H2. The Morgan fingerprint density at radius 2 is 1.44 bits per heavy atom. The summed E-state index contributed by atoms with van der Waals surface area (Å²) < 4.78 is 104. The maximum atomic E-state index is 13.2. The quantitative estimate of drug-likeness (QED) is 0.564. The zero-order valence-electron chi connectivity index (χ0n) is 17.7. The second-order valence-corrected chi connectivity index (χ2v) is 9.59. The average molecular weight is 506 g/mol. The molecule has 0 radical (unpaired) electrons.